The maximum atomic E-state index is 13.7. The minimum atomic E-state index is -0.553. The Labute approximate surface area is 221 Å². The Hall–Kier alpha value is -4.79. The average Bonchev–Trinajstić information content (AvgIpc) is 3.39. The lowest BCUT2D eigenvalue weighted by atomic mass is 9.94. The Kier molecular flexibility index (Phi) is 6.99. The summed E-state index contributed by atoms with van der Waals surface area (Å²) in [6.07, 6.45) is 1.46. The molecule has 0 aliphatic carbocycles. The third kappa shape index (κ3) is 4.90. The van der Waals surface area contributed by atoms with Gasteiger partial charge in [-0.25, -0.2) is 4.68 Å². The highest BCUT2D eigenvalue weighted by atomic mass is 16.5. The van der Waals surface area contributed by atoms with E-state index in [1.165, 1.54) is 11.9 Å². The van der Waals surface area contributed by atoms with Crippen molar-refractivity contribution in [1.29, 1.82) is 0 Å². The summed E-state index contributed by atoms with van der Waals surface area (Å²) < 4.78 is 18.9. The highest BCUT2D eigenvalue weighted by Crippen LogP contribution is 2.39. The van der Waals surface area contributed by atoms with Gasteiger partial charge in [0.15, 0.2) is 11.5 Å². The molecule has 1 aliphatic heterocycles. The first kappa shape index (κ1) is 24.9. The van der Waals surface area contributed by atoms with E-state index in [0.29, 0.717) is 46.8 Å². The quantitative estimate of drug-likeness (QED) is 0.339. The van der Waals surface area contributed by atoms with Gasteiger partial charge in [-0.05, 0) is 49.2 Å². The minimum Gasteiger partial charge on any atom is -0.495 e. The fraction of sp³-hybridized carbons (Fsp3) is 0.207. The first-order valence-corrected chi connectivity index (χ1v) is 12.2. The van der Waals surface area contributed by atoms with E-state index >= 15 is 0 Å². The van der Waals surface area contributed by atoms with Crippen LogP contribution in [0, 0.1) is 6.92 Å². The van der Waals surface area contributed by atoms with E-state index in [4.69, 9.17) is 14.2 Å². The van der Waals surface area contributed by atoms with E-state index < -0.39 is 6.04 Å². The third-order valence-corrected chi connectivity index (χ3v) is 6.37. The van der Waals surface area contributed by atoms with Crippen LogP contribution in [-0.4, -0.2) is 34.9 Å². The van der Waals surface area contributed by atoms with Gasteiger partial charge in [-0.1, -0.05) is 48.0 Å². The standard InChI is InChI=1S/C29H29N5O4/c1-18-8-7-9-20(14-18)16-38-24-13-12-21(15-25(24)37-4)27-26(19(2)32-29-30-17-31-34(27)29)28(35)33-22-10-5-6-11-23(22)36-3/h5-15,17,27H,16H2,1-4H3,(H,33,35)(H,30,31,32). The Morgan fingerprint density at radius 2 is 1.79 bits per heavy atom. The largest absolute Gasteiger partial charge is 0.495 e. The lowest BCUT2D eigenvalue weighted by Crippen LogP contribution is -2.31. The zero-order chi connectivity index (χ0) is 26.6. The molecule has 2 N–H and O–H groups in total. The first-order valence-electron chi connectivity index (χ1n) is 12.2. The van der Waals surface area contributed by atoms with Gasteiger partial charge < -0.3 is 24.8 Å². The van der Waals surface area contributed by atoms with Crippen LogP contribution in [0.4, 0.5) is 11.6 Å². The monoisotopic (exact) mass is 511 g/mol. The number of nitrogens with one attached hydrogen (secondary N) is 2. The van der Waals surface area contributed by atoms with E-state index in [9.17, 15) is 4.79 Å². The maximum absolute atomic E-state index is 13.7. The molecule has 0 fully saturated rings. The SMILES string of the molecule is COc1ccccc1NC(=O)C1=C(C)Nc2ncnn2C1c1ccc(OCc2cccc(C)c2)c(OC)c1. The predicted molar refractivity (Wildman–Crippen MR) is 145 cm³/mol. The summed E-state index contributed by atoms with van der Waals surface area (Å²) >= 11 is 0. The van der Waals surface area contributed by atoms with Crippen molar-refractivity contribution < 1.29 is 19.0 Å². The van der Waals surface area contributed by atoms with E-state index in [1.807, 2.05) is 62.4 Å². The summed E-state index contributed by atoms with van der Waals surface area (Å²) in [5.74, 6) is 1.98. The van der Waals surface area contributed by atoms with Crippen molar-refractivity contribution in [3.63, 3.8) is 0 Å². The second-order valence-corrected chi connectivity index (χ2v) is 8.94. The summed E-state index contributed by atoms with van der Waals surface area (Å²) in [6, 6.07) is 20.5. The van der Waals surface area contributed by atoms with E-state index in [1.54, 1.807) is 31.0 Å². The van der Waals surface area contributed by atoms with Crippen molar-refractivity contribution in [2.75, 3.05) is 24.9 Å². The van der Waals surface area contributed by atoms with Crippen LogP contribution in [0.5, 0.6) is 17.2 Å². The molecule has 0 saturated heterocycles. The molecule has 9 heteroatoms. The first-order chi connectivity index (χ1) is 18.5. The molecule has 2 heterocycles. The van der Waals surface area contributed by atoms with E-state index in [-0.39, 0.29) is 5.91 Å². The Morgan fingerprint density at radius 3 is 2.58 bits per heavy atom. The highest BCUT2D eigenvalue weighted by Gasteiger charge is 2.34. The number of ether oxygens (including phenoxy) is 3. The number of rotatable bonds is 8. The molecule has 1 aromatic heterocycles. The van der Waals surface area contributed by atoms with Crippen LogP contribution >= 0.6 is 0 Å². The second-order valence-electron chi connectivity index (χ2n) is 8.94. The number of anilines is 2. The van der Waals surface area contributed by atoms with Crippen molar-refractivity contribution in [1.82, 2.24) is 14.8 Å². The molecule has 194 valence electrons. The Morgan fingerprint density at radius 1 is 0.974 bits per heavy atom. The molecule has 9 nitrogen and oxygen atoms in total. The Balaban J connectivity index is 1.48. The maximum Gasteiger partial charge on any atom is 0.255 e. The number of fused-ring (bicyclic) bond motifs is 1. The number of aromatic nitrogens is 3. The summed E-state index contributed by atoms with van der Waals surface area (Å²) in [7, 11) is 3.16. The lowest BCUT2D eigenvalue weighted by molar-refractivity contribution is -0.113. The van der Waals surface area contributed by atoms with Crippen LogP contribution in [-0.2, 0) is 11.4 Å². The molecule has 5 rings (SSSR count). The molecule has 1 atom stereocenters. The topological polar surface area (TPSA) is 99.5 Å². The molecule has 3 aromatic carbocycles. The molecule has 1 aliphatic rings. The van der Waals surface area contributed by atoms with Crippen LogP contribution in [0.25, 0.3) is 0 Å². The molecule has 0 spiro atoms. The number of benzene rings is 3. The van der Waals surface area contributed by atoms with Crippen LogP contribution in [0.1, 0.15) is 29.7 Å². The lowest BCUT2D eigenvalue weighted by Gasteiger charge is -2.29. The summed E-state index contributed by atoms with van der Waals surface area (Å²) in [5.41, 5.74) is 4.76. The molecule has 1 amide bonds. The van der Waals surface area contributed by atoms with Gasteiger partial charge in [0.2, 0.25) is 5.95 Å². The Bertz CT molecular complexity index is 1510. The number of hydrogen-bond acceptors (Lipinski definition) is 7. The molecule has 0 saturated carbocycles. The molecule has 0 radical (unpaired) electrons. The van der Waals surface area contributed by atoms with Gasteiger partial charge in [-0.15, -0.1) is 0 Å². The molecular weight excluding hydrogens is 482 g/mol. The van der Waals surface area contributed by atoms with Crippen molar-refractivity contribution >= 4 is 17.5 Å². The molecule has 38 heavy (non-hydrogen) atoms. The number of allylic oxidation sites excluding steroid dienone is 1. The number of aryl methyl sites for hydroxylation is 1. The van der Waals surface area contributed by atoms with Gasteiger partial charge in [0.05, 0.1) is 25.5 Å². The van der Waals surface area contributed by atoms with Crippen LogP contribution in [0.2, 0.25) is 0 Å². The van der Waals surface area contributed by atoms with Gasteiger partial charge in [-0.2, -0.15) is 10.1 Å². The van der Waals surface area contributed by atoms with E-state index in [0.717, 1.165) is 11.1 Å². The molecule has 1 unspecified atom stereocenters. The van der Waals surface area contributed by atoms with Crippen LogP contribution < -0.4 is 24.8 Å². The number of carbonyl (C=O) groups excluding carboxylic acids is 1. The smallest absolute Gasteiger partial charge is 0.255 e. The number of methoxy groups -OCH3 is 2. The number of para-hydroxylation sites is 2. The molecule has 0 bridgehead atoms. The second kappa shape index (κ2) is 10.7. The zero-order valence-electron chi connectivity index (χ0n) is 21.7. The van der Waals surface area contributed by atoms with Gasteiger partial charge in [0, 0.05) is 5.70 Å². The van der Waals surface area contributed by atoms with Crippen LogP contribution in [0.3, 0.4) is 0 Å². The summed E-state index contributed by atoms with van der Waals surface area (Å²) in [6.45, 7) is 4.30. The highest BCUT2D eigenvalue weighted by molar-refractivity contribution is 6.06. The van der Waals surface area contributed by atoms with Crippen LogP contribution in [0.15, 0.2) is 84.3 Å². The molecular formula is C29H29N5O4. The summed E-state index contributed by atoms with van der Waals surface area (Å²) in [4.78, 5) is 18.0. The van der Waals surface area contributed by atoms with Gasteiger partial charge in [0.25, 0.3) is 5.91 Å². The van der Waals surface area contributed by atoms with Gasteiger partial charge in [0.1, 0.15) is 24.7 Å². The molecule has 4 aromatic rings. The number of hydrogen-bond donors (Lipinski definition) is 2. The number of amides is 1. The average molecular weight is 512 g/mol. The fourth-order valence-corrected chi connectivity index (χ4v) is 4.57. The number of carbonyl (C=O) groups is 1. The zero-order valence-corrected chi connectivity index (χ0v) is 21.7. The van der Waals surface area contributed by atoms with Gasteiger partial charge >= 0.3 is 0 Å². The third-order valence-electron chi connectivity index (χ3n) is 6.37. The van der Waals surface area contributed by atoms with Crippen molar-refractivity contribution in [3.8, 4) is 17.2 Å². The van der Waals surface area contributed by atoms with Gasteiger partial charge in [-0.3, -0.25) is 4.79 Å². The fourth-order valence-electron chi connectivity index (χ4n) is 4.57. The van der Waals surface area contributed by atoms with Crippen molar-refractivity contribution in [2.24, 2.45) is 0 Å². The summed E-state index contributed by atoms with van der Waals surface area (Å²) in [5, 5.41) is 10.6. The number of nitrogens with zero attached hydrogens (tertiary/aromatic N) is 3. The van der Waals surface area contributed by atoms with Crippen molar-refractivity contribution in [2.45, 2.75) is 26.5 Å². The predicted octanol–water partition coefficient (Wildman–Crippen LogP) is 5.11. The minimum absolute atomic E-state index is 0.288. The van der Waals surface area contributed by atoms with E-state index in [2.05, 4.69) is 26.8 Å². The normalized spacial score (nSPS) is 14.4. The van der Waals surface area contributed by atoms with Crippen molar-refractivity contribution in [3.05, 3.63) is 101 Å².